The predicted molar refractivity (Wildman–Crippen MR) is 78.9 cm³/mol. The van der Waals surface area contributed by atoms with Gasteiger partial charge in [0.2, 0.25) is 0 Å². The van der Waals surface area contributed by atoms with Crippen molar-refractivity contribution in [1.82, 2.24) is 9.88 Å². The summed E-state index contributed by atoms with van der Waals surface area (Å²) < 4.78 is 0. The van der Waals surface area contributed by atoms with Crippen LogP contribution in [-0.4, -0.2) is 29.9 Å². The number of hydrogen-bond acceptors (Lipinski definition) is 4. The van der Waals surface area contributed by atoms with Crippen LogP contribution < -0.4 is 5.32 Å². The van der Waals surface area contributed by atoms with Crippen molar-refractivity contribution in [3.05, 3.63) is 45.2 Å². The molecule has 0 bridgehead atoms. The zero-order valence-electron chi connectivity index (χ0n) is 10.7. The topological polar surface area (TPSA) is 45.2 Å². The van der Waals surface area contributed by atoms with E-state index in [4.69, 9.17) is 11.6 Å². The van der Waals surface area contributed by atoms with E-state index in [-0.39, 0.29) is 5.91 Å². The van der Waals surface area contributed by atoms with Crippen molar-refractivity contribution in [1.29, 1.82) is 0 Å². The molecule has 0 aromatic carbocycles. The molecule has 0 aliphatic rings. The SMILES string of the molecule is CNc1ncc(C(=O)N(C)Cc2ccsc2)cc1Cl. The number of aromatic nitrogens is 1. The van der Waals surface area contributed by atoms with Crippen molar-refractivity contribution in [2.24, 2.45) is 0 Å². The van der Waals surface area contributed by atoms with E-state index in [0.29, 0.717) is 22.9 Å². The van der Waals surface area contributed by atoms with Crippen LogP contribution in [-0.2, 0) is 6.54 Å². The molecule has 4 nitrogen and oxygen atoms in total. The number of rotatable bonds is 4. The molecule has 0 saturated heterocycles. The number of anilines is 1. The summed E-state index contributed by atoms with van der Waals surface area (Å²) in [5.41, 5.74) is 1.61. The number of nitrogens with zero attached hydrogens (tertiary/aromatic N) is 2. The number of hydrogen-bond donors (Lipinski definition) is 1. The van der Waals surface area contributed by atoms with Gasteiger partial charge in [0.15, 0.2) is 0 Å². The van der Waals surface area contributed by atoms with Gasteiger partial charge in [-0.2, -0.15) is 11.3 Å². The van der Waals surface area contributed by atoms with Gasteiger partial charge in [-0.05, 0) is 28.5 Å². The Bertz CT molecular complexity index is 571. The molecule has 1 N–H and O–H groups in total. The Kier molecular flexibility index (Phi) is 4.39. The predicted octanol–water partition coefficient (Wildman–Crippen LogP) is 3.11. The lowest BCUT2D eigenvalue weighted by Gasteiger charge is -2.16. The van der Waals surface area contributed by atoms with Crippen LogP contribution in [0.15, 0.2) is 29.1 Å². The van der Waals surface area contributed by atoms with Crippen molar-refractivity contribution in [3.8, 4) is 0 Å². The molecule has 0 spiro atoms. The third kappa shape index (κ3) is 3.24. The summed E-state index contributed by atoms with van der Waals surface area (Å²) in [7, 11) is 3.50. The average Bonchev–Trinajstić information content (AvgIpc) is 2.90. The molecule has 19 heavy (non-hydrogen) atoms. The summed E-state index contributed by atoms with van der Waals surface area (Å²) in [6, 6.07) is 3.64. The minimum Gasteiger partial charge on any atom is -0.372 e. The molecule has 100 valence electrons. The van der Waals surface area contributed by atoms with Crippen molar-refractivity contribution in [2.75, 3.05) is 19.4 Å². The van der Waals surface area contributed by atoms with E-state index in [1.807, 2.05) is 16.8 Å². The van der Waals surface area contributed by atoms with Crippen molar-refractivity contribution in [3.63, 3.8) is 0 Å². The molecule has 6 heteroatoms. The molecule has 0 fully saturated rings. The third-order valence-corrected chi connectivity index (χ3v) is 3.69. The van der Waals surface area contributed by atoms with Gasteiger partial charge in [-0.3, -0.25) is 4.79 Å². The highest BCUT2D eigenvalue weighted by molar-refractivity contribution is 7.07. The van der Waals surface area contributed by atoms with Crippen LogP contribution in [0.25, 0.3) is 0 Å². The van der Waals surface area contributed by atoms with Crippen LogP contribution in [0, 0.1) is 0 Å². The van der Waals surface area contributed by atoms with Crippen molar-refractivity contribution < 1.29 is 4.79 Å². The molecule has 0 atom stereocenters. The molecule has 2 aromatic heterocycles. The first-order valence-electron chi connectivity index (χ1n) is 5.71. The summed E-state index contributed by atoms with van der Waals surface area (Å²) in [5.74, 6) is 0.474. The summed E-state index contributed by atoms with van der Waals surface area (Å²) in [4.78, 5) is 18.0. The lowest BCUT2D eigenvalue weighted by Crippen LogP contribution is -2.26. The highest BCUT2D eigenvalue weighted by Crippen LogP contribution is 2.20. The van der Waals surface area contributed by atoms with E-state index < -0.39 is 0 Å². The molecule has 2 aromatic rings. The molecule has 0 aliphatic heterocycles. The molecule has 0 unspecified atom stereocenters. The molecule has 0 aliphatic carbocycles. The van der Waals surface area contributed by atoms with Crippen LogP contribution in [0.4, 0.5) is 5.82 Å². The van der Waals surface area contributed by atoms with Gasteiger partial charge in [0, 0.05) is 26.8 Å². The highest BCUT2D eigenvalue weighted by Gasteiger charge is 2.14. The Morgan fingerprint density at radius 3 is 2.95 bits per heavy atom. The van der Waals surface area contributed by atoms with E-state index in [1.165, 1.54) is 6.20 Å². The van der Waals surface area contributed by atoms with Crippen LogP contribution in [0.2, 0.25) is 5.02 Å². The van der Waals surface area contributed by atoms with Gasteiger partial charge in [-0.15, -0.1) is 0 Å². The Labute approximate surface area is 121 Å². The number of amides is 1. The standard InChI is InChI=1S/C13H14ClN3OS/c1-15-12-11(14)5-10(6-16-12)13(18)17(2)7-9-3-4-19-8-9/h3-6,8H,7H2,1-2H3,(H,15,16). The monoisotopic (exact) mass is 295 g/mol. The molecule has 0 saturated carbocycles. The number of pyridine rings is 1. The Balaban J connectivity index is 2.12. The van der Waals surface area contributed by atoms with E-state index in [1.54, 1.807) is 36.4 Å². The van der Waals surface area contributed by atoms with Crippen LogP contribution in [0.1, 0.15) is 15.9 Å². The maximum absolute atomic E-state index is 12.2. The van der Waals surface area contributed by atoms with Crippen molar-refractivity contribution in [2.45, 2.75) is 6.54 Å². The number of carbonyl (C=O) groups is 1. The second-order valence-corrected chi connectivity index (χ2v) is 5.28. The average molecular weight is 296 g/mol. The molecule has 2 heterocycles. The van der Waals surface area contributed by atoms with E-state index >= 15 is 0 Å². The lowest BCUT2D eigenvalue weighted by molar-refractivity contribution is 0.0785. The molecule has 1 amide bonds. The van der Waals surface area contributed by atoms with Crippen molar-refractivity contribution >= 4 is 34.7 Å². The zero-order valence-corrected chi connectivity index (χ0v) is 12.3. The fourth-order valence-electron chi connectivity index (χ4n) is 1.69. The number of halogens is 1. The molecular weight excluding hydrogens is 282 g/mol. The minimum absolute atomic E-state index is 0.0942. The zero-order chi connectivity index (χ0) is 13.8. The maximum atomic E-state index is 12.2. The minimum atomic E-state index is -0.0942. The van der Waals surface area contributed by atoms with Gasteiger partial charge in [0.1, 0.15) is 5.82 Å². The largest absolute Gasteiger partial charge is 0.372 e. The first kappa shape index (κ1) is 13.8. The van der Waals surface area contributed by atoms with E-state index in [2.05, 4.69) is 10.3 Å². The van der Waals surface area contributed by atoms with Gasteiger partial charge < -0.3 is 10.2 Å². The number of nitrogens with one attached hydrogen (secondary N) is 1. The molecular formula is C13H14ClN3OS. The van der Waals surface area contributed by atoms with Crippen LogP contribution in [0.3, 0.4) is 0 Å². The first-order valence-corrected chi connectivity index (χ1v) is 7.03. The first-order chi connectivity index (χ1) is 9.11. The van der Waals surface area contributed by atoms with Gasteiger partial charge >= 0.3 is 0 Å². The van der Waals surface area contributed by atoms with E-state index in [0.717, 1.165) is 5.56 Å². The van der Waals surface area contributed by atoms with Crippen LogP contribution >= 0.6 is 22.9 Å². The lowest BCUT2D eigenvalue weighted by atomic mass is 10.2. The summed E-state index contributed by atoms with van der Waals surface area (Å²) in [5, 5.41) is 7.32. The van der Waals surface area contributed by atoms with Crippen LogP contribution in [0.5, 0.6) is 0 Å². The Morgan fingerprint density at radius 1 is 1.58 bits per heavy atom. The van der Waals surface area contributed by atoms with Gasteiger partial charge in [-0.1, -0.05) is 11.6 Å². The highest BCUT2D eigenvalue weighted by atomic mass is 35.5. The Hall–Kier alpha value is -1.59. The Morgan fingerprint density at radius 2 is 2.37 bits per heavy atom. The van der Waals surface area contributed by atoms with Gasteiger partial charge in [0.25, 0.3) is 5.91 Å². The fourth-order valence-corrected chi connectivity index (χ4v) is 2.61. The third-order valence-electron chi connectivity index (χ3n) is 2.67. The molecule has 2 rings (SSSR count). The maximum Gasteiger partial charge on any atom is 0.255 e. The van der Waals surface area contributed by atoms with Gasteiger partial charge in [0.05, 0.1) is 10.6 Å². The smallest absolute Gasteiger partial charge is 0.255 e. The van der Waals surface area contributed by atoms with Gasteiger partial charge in [-0.25, -0.2) is 4.98 Å². The van der Waals surface area contributed by atoms with E-state index in [9.17, 15) is 4.79 Å². The summed E-state index contributed by atoms with van der Waals surface area (Å²) >= 11 is 7.64. The summed E-state index contributed by atoms with van der Waals surface area (Å²) in [6.07, 6.45) is 1.53. The summed E-state index contributed by atoms with van der Waals surface area (Å²) in [6.45, 7) is 0.577. The normalized spacial score (nSPS) is 10.3. The quantitative estimate of drug-likeness (QED) is 0.942. The number of thiophene rings is 1. The second kappa shape index (κ2) is 6.04. The number of carbonyl (C=O) groups excluding carboxylic acids is 1. The fraction of sp³-hybridized carbons (Fsp3) is 0.231. The molecule has 0 radical (unpaired) electrons. The second-order valence-electron chi connectivity index (χ2n) is 4.10.